The van der Waals surface area contributed by atoms with E-state index < -0.39 is 41.5 Å². The average molecular weight is 520 g/mol. The minimum Gasteiger partial charge on any atom is -0.347 e. The lowest BCUT2D eigenvalue weighted by Gasteiger charge is -2.31. The van der Waals surface area contributed by atoms with Crippen molar-refractivity contribution in [3.63, 3.8) is 0 Å². The monoisotopic (exact) mass is 519 g/mol. The first-order chi connectivity index (χ1) is 17.4. The zero-order chi connectivity index (χ0) is 27.1. The SMILES string of the molecule is CC(=O)Nc1ccccc1C(=O)N1[C@@H](C(=O)NC(c2ccc(C(F)(F)F)cc2F)C2CC2)C[C@@H](C)[C@H]1C. The number of likely N-dealkylation sites (tertiary alicyclic amines) is 1. The summed E-state index contributed by atoms with van der Waals surface area (Å²) >= 11 is 0. The number of hydrogen-bond acceptors (Lipinski definition) is 3. The second-order valence-corrected chi connectivity index (χ2v) is 9.97. The van der Waals surface area contributed by atoms with Crippen LogP contribution in [0.15, 0.2) is 42.5 Å². The maximum absolute atomic E-state index is 14.8. The molecule has 1 saturated carbocycles. The smallest absolute Gasteiger partial charge is 0.347 e. The van der Waals surface area contributed by atoms with Crippen molar-refractivity contribution in [2.45, 2.75) is 64.3 Å². The lowest BCUT2D eigenvalue weighted by molar-refractivity contribution is -0.137. The second kappa shape index (κ2) is 10.1. The molecule has 6 nitrogen and oxygen atoms in total. The van der Waals surface area contributed by atoms with Crippen LogP contribution in [0.4, 0.5) is 23.2 Å². The van der Waals surface area contributed by atoms with Crippen LogP contribution < -0.4 is 10.6 Å². The molecule has 2 aliphatic rings. The number of carbonyl (C=O) groups excluding carboxylic acids is 3. The number of amides is 3. The summed E-state index contributed by atoms with van der Waals surface area (Å²) in [6, 6.07) is 6.90. The molecule has 2 aromatic rings. The van der Waals surface area contributed by atoms with Crippen molar-refractivity contribution in [2.24, 2.45) is 11.8 Å². The summed E-state index contributed by atoms with van der Waals surface area (Å²) in [4.78, 5) is 40.3. The van der Waals surface area contributed by atoms with Crippen molar-refractivity contribution >= 4 is 23.4 Å². The van der Waals surface area contributed by atoms with Gasteiger partial charge in [0.05, 0.1) is 22.9 Å². The molecule has 2 N–H and O–H groups in total. The zero-order valence-electron chi connectivity index (χ0n) is 20.7. The van der Waals surface area contributed by atoms with Gasteiger partial charge >= 0.3 is 6.18 Å². The summed E-state index contributed by atoms with van der Waals surface area (Å²) in [5, 5.41) is 5.47. The van der Waals surface area contributed by atoms with Crippen LogP contribution in [0.25, 0.3) is 0 Å². The predicted molar refractivity (Wildman–Crippen MR) is 129 cm³/mol. The van der Waals surface area contributed by atoms with Crippen LogP contribution in [0.2, 0.25) is 0 Å². The van der Waals surface area contributed by atoms with Gasteiger partial charge in [-0.15, -0.1) is 0 Å². The van der Waals surface area contributed by atoms with Gasteiger partial charge in [0.15, 0.2) is 0 Å². The van der Waals surface area contributed by atoms with E-state index in [4.69, 9.17) is 0 Å². The number of halogens is 4. The highest BCUT2D eigenvalue weighted by atomic mass is 19.4. The molecular weight excluding hydrogens is 490 g/mol. The number of rotatable bonds is 6. The van der Waals surface area contributed by atoms with Crippen molar-refractivity contribution in [3.05, 3.63) is 65.0 Å². The first kappa shape index (κ1) is 26.6. The van der Waals surface area contributed by atoms with Gasteiger partial charge in [-0.25, -0.2) is 4.39 Å². The number of nitrogens with zero attached hydrogens (tertiary/aromatic N) is 1. The lowest BCUT2D eigenvalue weighted by Crippen LogP contribution is -2.49. The van der Waals surface area contributed by atoms with E-state index in [0.29, 0.717) is 31.0 Å². The highest BCUT2D eigenvalue weighted by Crippen LogP contribution is 2.43. The van der Waals surface area contributed by atoms with Crippen LogP contribution in [-0.4, -0.2) is 34.7 Å². The van der Waals surface area contributed by atoms with Gasteiger partial charge in [0.2, 0.25) is 11.8 Å². The van der Waals surface area contributed by atoms with Crippen molar-refractivity contribution in [3.8, 4) is 0 Å². The van der Waals surface area contributed by atoms with Gasteiger partial charge in [-0.1, -0.05) is 25.1 Å². The second-order valence-electron chi connectivity index (χ2n) is 9.97. The maximum Gasteiger partial charge on any atom is 0.416 e. The molecule has 10 heteroatoms. The van der Waals surface area contributed by atoms with Crippen LogP contribution in [0.3, 0.4) is 0 Å². The number of hydrogen-bond donors (Lipinski definition) is 2. The average Bonchev–Trinajstić information content (AvgIpc) is 3.62. The van der Waals surface area contributed by atoms with Crippen LogP contribution in [0.5, 0.6) is 0 Å². The Bertz CT molecular complexity index is 1210. The highest BCUT2D eigenvalue weighted by Gasteiger charge is 2.45. The third-order valence-corrected chi connectivity index (χ3v) is 7.25. The summed E-state index contributed by atoms with van der Waals surface area (Å²) in [6.45, 7) is 5.09. The summed E-state index contributed by atoms with van der Waals surface area (Å²) in [5.41, 5.74) is -0.530. The summed E-state index contributed by atoms with van der Waals surface area (Å²) < 4.78 is 53.9. The summed E-state index contributed by atoms with van der Waals surface area (Å²) in [6.07, 6.45) is -2.90. The van der Waals surface area contributed by atoms with E-state index in [-0.39, 0.29) is 34.9 Å². The van der Waals surface area contributed by atoms with E-state index in [0.717, 1.165) is 12.1 Å². The predicted octanol–water partition coefficient (Wildman–Crippen LogP) is 5.31. The first-order valence-electron chi connectivity index (χ1n) is 12.2. The minimum atomic E-state index is -4.68. The molecule has 1 heterocycles. The number of anilines is 1. The van der Waals surface area contributed by atoms with E-state index in [1.54, 1.807) is 24.3 Å². The number of nitrogens with one attached hydrogen (secondary N) is 2. The first-order valence-corrected chi connectivity index (χ1v) is 12.2. The van der Waals surface area contributed by atoms with E-state index >= 15 is 0 Å². The summed E-state index contributed by atoms with van der Waals surface area (Å²) in [5.74, 6) is -2.41. The summed E-state index contributed by atoms with van der Waals surface area (Å²) in [7, 11) is 0. The topological polar surface area (TPSA) is 78.5 Å². The fraction of sp³-hybridized carbons (Fsp3) is 0.444. The lowest BCUT2D eigenvalue weighted by atomic mass is 9.98. The third kappa shape index (κ3) is 5.62. The molecular formula is C27H29F4N3O3. The van der Waals surface area contributed by atoms with E-state index in [9.17, 15) is 31.9 Å². The van der Waals surface area contributed by atoms with Gasteiger partial charge in [-0.05, 0) is 62.3 Å². The number of alkyl halides is 3. The Morgan fingerprint density at radius 1 is 1.05 bits per heavy atom. The number of benzene rings is 2. The molecule has 4 rings (SSSR count). The molecule has 1 unspecified atom stereocenters. The molecule has 0 aromatic heterocycles. The Labute approximate surface area is 212 Å². The Morgan fingerprint density at radius 3 is 2.32 bits per heavy atom. The Hall–Kier alpha value is -3.43. The number of carbonyl (C=O) groups is 3. The van der Waals surface area contributed by atoms with Crippen molar-refractivity contribution < 1.29 is 31.9 Å². The van der Waals surface area contributed by atoms with E-state index in [2.05, 4.69) is 10.6 Å². The van der Waals surface area contributed by atoms with Crippen LogP contribution in [0, 0.1) is 17.7 Å². The van der Waals surface area contributed by atoms with Gasteiger partial charge in [0.1, 0.15) is 11.9 Å². The quantitative estimate of drug-likeness (QED) is 0.508. The normalized spacial score (nSPS) is 22.5. The zero-order valence-corrected chi connectivity index (χ0v) is 20.7. The molecule has 1 saturated heterocycles. The Kier molecular flexibility index (Phi) is 7.30. The molecule has 4 atom stereocenters. The van der Waals surface area contributed by atoms with Crippen molar-refractivity contribution in [2.75, 3.05) is 5.32 Å². The number of para-hydroxylation sites is 1. The van der Waals surface area contributed by atoms with E-state index in [1.165, 1.54) is 11.8 Å². The molecule has 2 fully saturated rings. The Morgan fingerprint density at radius 2 is 1.73 bits per heavy atom. The highest BCUT2D eigenvalue weighted by molar-refractivity contribution is 6.05. The molecule has 0 spiro atoms. The van der Waals surface area contributed by atoms with E-state index in [1.807, 2.05) is 13.8 Å². The molecule has 0 radical (unpaired) electrons. The molecule has 3 amide bonds. The van der Waals surface area contributed by atoms with Crippen LogP contribution in [-0.2, 0) is 15.8 Å². The standard InChI is InChI=1S/C27H29F4N3O3/c1-14-12-23(34(15(14)2)26(37)20-6-4-5-7-22(20)32-16(3)35)25(36)33-24(17-8-9-17)19-11-10-18(13-21(19)28)27(29,30)31/h4-7,10-11,13-15,17,23-24H,8-9,12H2,1-3H3,(H,32,35)(H,33,36)/t14-,15-,23-,24?/m1/s1. The molecule has 1 aliphatic carbocycles. The molecule has 198 valence electrons. The van der Waals surface area contributed by atoms with Crippen molar-refractivity contribution in [1.29, 1.82) is 0 Å². The van der Waals surface area contributed by atoms with Gasteiger partial charge in [-0.2, -0.15) is 13.2 Å². The molecule has 2 aromatic carbocycles. The van der Waals surface area contributed by atoms with Gasteiger partial charge < -0.3 is 15.5 Å². The Balaban J connectivity index is 1.60. The fourth-order valence-corrected chi connectivity index (χ4v) is 4.97. The van der Waals surface area contributed by atoms with Crippen LogP contribution >= 0.6 is 0 Å². The molecule has 0 bridgehead atoms. The van der Waals surface area contributed by atoms with Crippen LogP contribution in [0.1, 0.15) is 67.6 Å². The third-order valence-electron chi connectivity index (χ3n) is 7.25. The molecule has 37 heavy (non-hydrogen) atoms. The van der Waals surface area contributed by atoms with Gasteiger partial charge in [0.25, 0.3) is 5.91 Å². The molecule has 1 aliphatic heterocycles. The fourth-order valence-electron chi connectivity index (χ4n) is 4.97. The minimum absolute atomic E-state index is 0.00294. The maximum atomic E-state index is 14.8. The largest absolute Gasteiger partial charge is 0.416 e. The van der Waals surface area contributed by atoms with Crippen molar-refractivity contribution in [1.82, 2.24) is 10.2 Å². The van der Waals surface area contributed by atoms with Gasteiger partial charge in [0, 0.05) is 18.5 Å². The van der Waals surface area contributed by atoms with Gasteiger partial charge in [-0.3, -0.25) is 14.4 Å².